The molecule has 0 heterocycles. The highest BCUT2D eigenvalue weighted by Crippen LogP contribution is 2.09. The predicted molar refractivity (Wildman–Crippen MR) is 52.6 cm³/mol. The Kier molecular flexibility index (Phi) is 5.91. The van der Waals surface area contributed by atoms with Gasteiger partial charge in [0, 0.05) is 0 Å². The Balaban J connectivity index is 3.51. The van der Waals surface area contributed by atoms with Crippen LogP contribution in [0.2, 0.25) is 0 Å². The van der Waals surface area contributed by atoms with E-state index < -0.39 is 0 Å². The molecule has 0 rings (SSSR count). The minimum absolute atomic E-state index is 0.730. The molecule has 0 aliphatic rings. The Bertz CT molecular complexity index is 129. The van der Waals surface area contributed by atoms with Crippen molar-refractivity contribution in [3.8, 4) is 0 Å². The van der Waals surface area contributed by atoms with Crippen molar-refractivity contribution in [1.82, 2.24) is 0 Å². The van der Waals surface area contributed by atoms with E-state index in [2.05, 4.69) is 39.5 Å². The molecule has 0 radical (unpaired) electrons. The first kappa shape index (κ1) is 10.5. The summed E-state index contributed by atoms with van der Waals surface area (Å²) < 4.78 is 0. The summed E-state index contributed by atoms with van der Waals surface area (Å²) in [6.45, 7) is 10.6. The second-order valence-corrected chi connectivity index (χ2v) is 3.45. The second-order valence-electron chi connectivity index (χ2n) is 3.45. The Labute approximate surface area is 71.0 Å². The molecule has 0 aliphatic heterocycles. The van der Waals surface area contributed by atoms with E-state index in [1.807, 2.05) is 0 Å². The third-order valence-corrected chi connectivity index (χ3v) is 1.48. The Morgan fingerprint density at radius 1 is 1.45 bits per heavy atom. The number of allylic oxidation sites excluding steroid dienone is 3. The summed E-state index contributed by atoms with van der Waals surface area (Å²) in [7, 11) is 0. The number of hydrogen-bond acceptors (Lipinski definition) is 0. The minimum atomic E-state index is 0.730. The summed E-state index contributed by atoms with van der Waals surface area (Å²) in [5.74, 6) is 0.730. The minimum Gasteiger partial charge on any atom is -0.0958 e. The molecular formula is C11H20. The van der Waals surface area contributed by atoms with Crippen molar-refractivity contribution in [3.63, 3.8) is 0 Å². The maximum absolute atomic E-state index is 3.98. The molecule has 64 valence electrons. The van der Waals surface area contributed by atoms with Crippen LogP contribution in [0.3, 0.4) is 0 Å². The van der Waals surface area contributed by atoms with Crippen LogP contribution >= 0.6 is 0 Å². The van der Waals surface area contributed by atoms with Gasteiger partial charge < -0.3 is 0 Å². The topological polar surface area (TPSA) is 0 Å². The van der Waals surface area contributed by atoms with Gasteiger partial charge in [0.1, 0.15) is 0 Å². The van der Waals surface area contributed by atoms with Gasteiger partial charge in [0.05, 0.1) is 0 Å². The van der Waals surface area contributed by atoms with Crippen LogP contribution in [0, 0.1) is 5.92 Å². The molecular weight excluding hydrogens is 132 g/mol. The second kappa shape index (κ2) is 6.21. The van der Waals surface area contributed by atoms with E-state index in [0.29, 0.717) is 0 Å². The van der Waals surface area contributed by atoms with Gasteiger partial charge in [-0.15, -0.1) is 0 Å². The van der Waals surface area contributed by atoms with Crippen molar-refractivity contribution in [2.24, 2.45) is 5.92 Å². The smallest absolute Gasteiger partial charge is 0.0262 e. The zero-order valence-corrected chi connectivity index (χ0v) is 8.06. The SMILES string of the molecule is C=C(/C=C/CCC)CC(C)C. The fraction of sp³-hybridized carbons (Fsp3) is 0.636. The molecule has 0 saturated heterocycles. The molecule has 11 heavy (non-hydrogen) atoms. The van der Waals surface area contributed by atoms with Crippen LogP contribution in [0.5, 0.6) is 0 Å². The normalized spacial score (nSPS) is 11.3. The molecule has 0 aromatic heterocycles. The molecule has 0 saturated carbocycles. The van der Waals surface area contributed by atoms with Gasteiger partial charge >= 0.3 is 0 Å². The quantitative estimate of drug-likeness (QED) is 0.523. The molecule has 0 aromatic carbocycles. The Morgan fingerprint density at radius 2 is 2.09 bits per heavy atom. The Hall–Kier alpha value is -0.520. The summed E-state index contributed by atoms with van der Waals surface area (Å²) in [5.41, 5.74) is 1.26. The van der Waals surface area contributed by atoms with E-state index >= 15 is 0 Å². The molecule has 0 fully saturated rings. The van der Waals surface area contributed by atoms with Crippen LogP contribution in [0.1, 0.15) is 40.0 Å². The van der Waals surface area contributed by atoms with Crippen molar-refractivity contribution >= 4 is 0 Å². The van der Waals surface area contributed by atoms with Crippen LogP contribution in [-0.2, 0) is 0 Å². The molecule has 0 amide bonds. The molecule has 0 spiro atoms. The lowest BCUT2D eigenvalue weighted by atomic mass is 10.0. The number of unbranched alkanes of at least 4 members (excludes halogenated alkanes) is 1. The standard InChI is InChI=1S/C11H20/c1-5-6-7-8-11(4)9-10(2)3/h7-8,10H,4-6,9H2,1-3H3/b8-7+. The van der Waals surface area contributed by atoms with Crippen molar-refractivity contribution in [3.05, 3.63) is 24.3 Å². The molecule has 0 bridgehead atoms. The molecule has 0 unspecified atom stereocenters. The first-order valence-corrected chi connectivity index (χ1v) is 4.51. The predicted octanol–water partition coefficient (Wildman–Crippen LogP) is 3.95. The zero-order valence-electron chi connectivity index (χ0n) is 8.06. The lowest BCUT2D eigenvalue weighted by molar-refractivity contribution is 0.651. The van der Waals surface area contributed by atoms with Gasteiger partial charge in [-0.3, -0.25) is 0 Å². The van der Waals surface area contributed by atoms with E-state index in [-0.39, 0.29) is 0 Å². The maximum Gasteiger partial charge on any atom is -0.0262 e. The van der Waals surface area contributed by atoms with E-state index in [4.69, 9.17) is 0 Å². The van der Waals surface area contributed by atoms with Gasteiger partial charge in [-0.25, -0.2) is 0 Å². The van der Waals surface area contributed by atoms with Gasteiger partial charge in [0.15, 0.2) is 0 Å². The third kappa shape index (κ3) is 7.38. The van der Waals surface area contributed by atoms with Gasteiger partial charge in [0.2, 0.25) is 0 Å². The Morgan fingerprint density at radius 3 is 2.55 bits per heavy atom. The summed E-state index contributed by atoms with van der Waals surface area (Å²) in [6.07, 6.45) is 7.90. The highest BCUT2D eigenvalue weighted by Gasteiger charge is 1.93. The van der Waals surface area contributed by atoms with Gasteiger partial charge in [0.25, 0.3) is 0 Å². The highest BCUT2D eigenvalue weighted by atomic mass is 14.0. The fourth-order valence-electron chi connectivity index (χ4n) is 1.01. The fourth-order valence-corrected chi connectivity index (χ4v) is 1.01. The summed E-state index contributed by atoms with van der Waals surface area (Å²) in [4.78, 5) is 0. The van der Waals surface area contributed by atoms with Crippen LogP contribution in [-0.4, -0.2) is 0 Å². The average Bonchev–Trinajstić information content (AvgIpc) is 1.86. The summed E-state index contributed by atoms with van der Waals surface area (Å²) in [6, 6.07) is 0. The first-order chi connectivity index (χ1) is 5.16. The zero-order chi connectivity index (χ0) is 8.69. The molecule has 0 aliphatic carbocycles. The summed E-state index contributed by atoms with van der Waals surface area (Å²) in [5, 5.41) is 0. The molecule has 0 nitrogen and oxygen atoms in total. The van der Waals surface area contributed by atoms with E-state index in [0.717, 1.165) is 12.3 Å². The third-order valence-electron chi connectivity index (χ3n) is 1.48. The summed E-state index contributed by atoms with van der Waals surface area (Å²) >= 11 is 0. The maximum atomic E-state index is 3.98. The lowest BCUT2D eigenvalue weighted by Gasteiger charge is -2.02. The van der Waals surface area contributed by atoms with E-state index in [1.54, 1.807) is 0 Å². The van der Waals surface area contributed by atoms with Gasteiger partial charge in [-0.2, -0.15) is 0 Å². The van der Waals surface area contributed by atoms with Crippen LogP contribution in [0.25, 0.3) is 0 Å². The average molecular weight is 152 g/mol. The number of rotatable bonds is 5. The number of hydrogen-bond donors (Lipinski definition) is 0. The van der Waals surface area contributed by atoms with Gasteiger partial charge in [-0.05, 0) is 18.8 Å². The first-order valence-electron chi connectivity index (χ1n) is 4.51. The van der Waals surface area contributed by atoms with Crippen molar-refractivity contribution in [1.29, 1.82) is 0 Å². The highest BCUT2D eigenvalue weighted by molar-refractivity contribution is 5.14. The van der Waals surface area contributed by atoms with Crippen molar-refractivity contribution in [2.75, 3.05) is 0 Å². The van der Waals surface area contributed by atoms with Crippen molar-refractivity contribution < 1.29 is 0 Å². The van der Waals surface area contributed by atoms with Crippen molar-refractivity contribution in [2.45, 2.75) is 40.0 Å². The monoisotopic (exact) mass is 152 g/mol. The van der Waals surface area contributed by atoms with E-state index in [1.165, 1.54) is 18.4 Å². The molecule has 0 atom stereocenters. The lowest BCUT2D eigenvalue weighted by Crippen LogP contribution is -1.86. The van der Waals surface area contributed by atoms with Crippen LogP contribution in [0.15, 0.2) is 24.3 Å². The van der Waals surface area contributed by atoms with Crippen LogP contribution in [0.4, 0.5) is 0 Å². The largest absolute Gasteiger partial charge is 0.0958 e. The molecule has 0 heteroatoms. The van der Waals surface area contributed by atoms with Gasteiger partial charge in [-0.1, -0.05) is 51.5 Å². The molecule has 0 N–H and O–H groups in total. The van der Waals surface area contributed by atoms with Crippen LogP contribution < -0.4 is 0 Å². The van der Waals surface area contributed by atoms with E-state index in [9.17, 15) is 0 Å². The molecule has 0 aromatic rings.